The number of Topliss-reactive ketones (excluding diaryl/α,β-unsaturated/α-hetero) is 1. The number of nitrogens with two attached hydrogens (primary N) is 1. The molecule has 24 heteroatoms. The van der Waals surface area contributed by atoms with E-state index in [1.165, 1.54) is 16.7 Å². The summed E-state index contributed by atoms with van der Waals surface area (Å²) in [7, 11) is -0.923. The highest BCUT2D eigenvalue weighted by molar-refractivity contribution is 7.89. The van der Waals surface area contributed by atoms with Crippen molar-refractivity contribution in [1.82, 2.24) is 41.1 Å². The average molecular weight is 1300 g/mol. The van der Waals surface area contributed by atoms with Crippen LogP contribution in [0.1, 0.15) is 163 Å². The molecule has 1 aliphatic heterocycles. The van der Waals surface area contributed by atoms with Crippen molar-refractivity contribution in [3.05, 3.63) is 113 Å². The van der Waals surface area contributed by atoms with E-state index in [0.29, 0.717) is 61.9 Å². The van der Waals surface area contributed by atoms with Gasteiger partial charge in [0.1, 0.15) is 12.6 Å². The Bertz CT molecular complexity index is 3250. The molecule has 23 nitrogen and oxygen atoms in total. The second kappa shape index (κ2) is 33.0. The van der Waals surface area contributed by atoms with Crippen molar-refractivity contribution in [3.8, 4) is 0 Å². The molecule has 9 N–H and O–H groups in total. The van der Waals surface area contributed by atoms with Gasteiger partial charge in [-0.15, -0.1) is 0 Å². The van der Waals surface area contributed by atoms with Gasteiger partial charge in [0.05, 0.1) is 29.4 Å². The third-order valence-corrected chi connectivity index (χ3v) is 18.4. The van der Waals surface area contributed by atoms with Gasteiger partial charge < -0.3 is 47.3 Å². The van der Waals surface area contributed by atoms with Crippen molar-refractivity contribution in [2.75, 3.05) is 32.5 Å². The SMILES string of the molecule is CNC(C(=O)N[C@H](C(=O)N(C)[C@H](/C=C(\C)C(=O)NS(=O)(=O)Cc1ccc(C2(NC(=O)OCc3ccc(NC(=O)[C@H](CCCNC(N)=O)CC(=O)[C@@H](NC(=O)CCCCCN4C(=O)CC(C)C4=O)C(C)C)cc3)CC2)cc1)C(C)C)C(C)(C)C)C(C)(C)c1ccccc1. The summed E-state index contributed by atoms with van der Waals surface area (Å²) in [5.41, 5.74) is 6.26. The number of ether oxygens (including phenoxy) is 1. The zero-order chi connectivity index (χ0) is 68.5. The summed E-state index contributed by atoms with van der Waals surface area (Å²) in [6.07, 6.45) is 4.40. The number of likely N-dealkylation sites (tertiary alicyclic amines) is 1. The Hall–Kier alpha value is -7.99. The molecule has 3 aromatic carbocycles. The second-order valence-corrected chi connectivity index (χ2v) is 28.6. The number of hydrogen-bond acceptors (Lipinski definition) is 14. The molecule has 92 heavy (non-hydrogen) atoms. The summed E-state index contributed by atoms with van der Waals surface area (Å²) in [6, 6.07) is 19.0. The van der Waals surface area contributed by atoms with Gasteiger partial charge in [0.25, 0.3) is 5.91 Å². The predicted octanol–water partition coefficient (Wildman–Crippen LogP) is 7.13. The number of nitrogens with one attached hydrogen (secondary N) is 7. The molecule has 0 radical (unpaired) electrons. The number of nitrogens with zero attached hydrogens (tertiary/aromatic N) is 2. The monoisotopic (exact) mass is 1290 g/mol. The quantitative estimate of drug-likeness (QED) is 0.0168. The normalized spacial score (nSPS) is 16.6. The Kier molecular flexibility index (Phi) is 26.8. The molecule has 504 valence electrons. The van der Waals surface area contributed by atoms with Crippen LogP contribution in [0, 0.1) is 29.1 Å². The van der Waals surface area contributed by atoms with Gasteiger partial charge in [0.15, 0.2) is 5.78 Å². The lowest BCUT2D eigenvalue weighted by Gasteiger charge is -2.40. The molecular formula is C68H98N10O13S. The highest BCUT2D eigenvalue weighted by Gasteiger charge is 2.47. The number of alkyl carbamates (subject to hydrolysis) is 1. The zero-order valence-corrected chi connectivity index (χ0v) is 56.6. The molecular weight excluding hydrogens is 1200 g/mol. The summed E-state index contributed by atoms with van der Waals surface area (Å²) in [4.78, 5) is 134. The fourth-order valence-corrected chi connectivity index (χ4v) is 12.6. The third kappa shape index (κ3) is 21.6. The minimum Gasteiger partial charge on any atom is -0.445 e. The first-order valence-electron chi connectivity index (χ1n) is 31.8. The molecule has 2 aliphatic rings. The van der Waals surface area contributed by atoms with Gasteiger partial charge in [-0.25, -0.2) is 22.7 Å². The molecule has 1 aliphatic carbocycles. The topological polar surface area (TPSA) is 331 Å². The van der Waals surface area contributed by atoms with E-state index in [-0.39, 0.29) is 97.5 Å². The molecule has 0 bridgehead atoms. The minimum absolute atomic E-state index is 0.0704. The molecule has 10 amide bonds. The summed E-state index contributed by atoms with van der Waals surface area (Å²) in [5, 5.41) is 17.3. The summed E-state index contributed by atoms with van der Waals surface area (Å²) in [6.45, 7) is 20.4. The smallest absolute Gasteiger partial charge is 0.408 e. The van der Waals surface area contributed by atoms with E-state index in [4.69, 9.17) is 10.5 Å². The maximum Gasteiger partial charge on any atom is 0.408 e. The number of primary amides is 1. The first kappa shape index (κ1) is 74.7. The van der Waals surface area contributed by atoms with E-state index in [1.807, 2.05) is 78.8 Å². The Balaban J connectivity index is 1.11. The van der Waals surface area contributed by atoms with Gasteiger partial charge in [0.2, 0.25) is 45.5 Å². The Morgan fingerprint density at radius 1 is 0.804 bits per heavy atom. The summed E-state index contributed by atoms with van der Waals surface area (Å²) >= 11 is 0. The maximum absolute atomic E-state index is 14.4. The Labute approximate surface area is 542 Å². The lowest BCUT2D eigenvalue weighted by atomic mass is 9.76. The van der Waals surface area contributed by atoms with Crippen molar-refractivity contribution < 1.29 is 61.1 Å². The highest BCUT2D eigenvalue weighted by atomic mass is 32.2. The van der Waals surface area contributed by atoms with Crippen LogP contribution in [0.25, 0.3) is 0 Å². The number of urea groups is 1. The van der Waals surface area contributed by atoms with Crippen molar-refractivity contribution in [3.63, 3.8) is 0 Å². The van der Waals surface area contributed by atoms with Crippen LogP contribution in [-0.4, -0.2) is 129 Å². The lowest BCUT2D eigenvalue weighted by molar-refractivity contribution is -0.141. The molecule has 3 aromatic rings. The fraction of sp³-hybridized carbons (Fsp3) is 0.559. The van der Waals surface area contributed by atoms with Crippen LogP contribution in [0.5, 0.6) is 0 Å². The summed E-state index contributed by atoms with van der Waals surface area (Å²) in [5.74, 6) is -5.28. The van der Waals surface area contributed by atoms with E-state index < -0.39 is 86.2 Å². The van der Waals surface area contributed by atoms with E-state index >= 15 is 0 Å². The number of sulfonamides is 1. The highest BCUT2D eigenvalue weighted by Crippen LogP contribution is 2.45. The zero-order valence-electron chi connectivity index (χ0n) is 55.8. The number of likely N-dealkylation sites (N-methyl/N-ethyl adjacent to an activating group) is 2. The van der Waals surface area contributed by atoms with E-state index in [0.717, 1.165) is 11.1 Å². The van der Waals surface area contributed by atoms with Crippen LogP contribution in [0.15, 0.2) is 90.5 Å². The van der Waals surface area contributed by atoms with Crippen LogP contribution in [0.2, 0.25) is 0 Å². The van der Waals surface area contributed by atoms with Gasteiger partial charge in [-0.3, -0.25) is 43.3 Å². The molecule has 6 atom stereocenters. The summed E-state index contributed by atoms with van der Waals surface area (Å²) < 4.78 is 34.7. The number of unbranched alkanes of at least 4 members (excludes halogenated alkanes) is 2. The first-order valence-corrected chi connectivity index (χ1v) is 33.4. The molecule has 1 saturated heterocycles. The molecule has 1 heterocycles. The number of hydrogen-bond donors (Lipinski definition) is 8. The number of carbonyl (C=O) groups is 10. The fourth-order valence-electron chi connectivity index (χ4n) is 11.4. The van der Waals surface area contributed by atoms with Crippen LogP contribution in [-0.2, 0) is 76.4 Å². The van der Waals surface area contributed by atoms with Gasteiger partial charge in [-0.05, 0) is 104 Å². The number of amides is 10. The number of benzene rings is 3. The molecule has 0 aromatic heterocycles. The van der Waals surface area contributed by atoms with Crippen LogP contribution >= 0.6 is 0 Å². The predicted molar refractivity (Wildman–Crippen MR) is 351 cm³/mol. The molecule has 1 saturated carbocycles. The number of ketones is 1. The van der Waals surface area contributed by atoms with Gasteiger partial charge in [-0.1, -0.05) is 148 Å². The van der Waals surface area contributed by atoms with Crippen LogP contribution in [0.4, 0.5) is 15.3 Å². The van der Waals surface area contributed by atoms with Crippen LogP contribution in [0.3, 0.4) is 0 Å². The van der Waals surface area contributed by atoms with Crippen LogP contribution < -0.4 is 42.4 Å². The standard InChI is InChI=1S/C68H98N10O13S/c1-42(2)52(77(13)63(86)58(66(7,8)9)74-61(84)57(70-12)67(10,11)49-22-16-14-17-23-49)37-44(5)59(82)76-92(89,90)41-47-25-29-50(30-26-47)68(33-34-68)75-65(88)91-40-46-27-31-51(32-28-46)72-60(83)48(21-20-35-71-64(69)87)39-53(79)56(43(3)4)73-54(80)24-18-15-19-36-78-55(81)38-45(6)62(78)85/h14,16-17,22-23,25-32,37,42-43,45,48,52,56-58,70H,15,18-21,24,33-36,38-41H2,1-13H3,(H,72,83)(H,73,80)(H,74,84)(H,75,88)(H,76,82)(H3,69,71,87)/b44-37+/t45?,48-,52-,56+,57?,58-/m1/s1. The Morgan fingerprint density at radius 2 is 1.43 bits per heavy atom. The van der Waals surface area contributed by atoms with Crippen molar-refractivity contribution in [2.45, 2.75) is 188 Å². The van der Waals surface area contributed by atoms with Crippen molar-refractivity contribution in [1.29, 1.82) is 0 Å². The third-order valence-electron chi connectivity index (χ3n) is 17.2. The van der Waals surface area contributed by atoms with Gasteiger partial charge in [-0.2, -0.15) is 0 Å². The van der Waals surface area contributed by atoms with E-state index in [2.05, 4.69) is 36.6 Å². The lowest BCUT2D eigenvalue weighted by Crippen LogP contribution is -2.61. The molecule has 0 spiro atoms. The van der Waals surface area contributed by atoms with E-state index in [9.17, 15) is 56.4 Å². The first-order chi connectivity index (χ1) is 43.1. The molecule has 5 rings (SSSR count). The Morgan fingerprint density at radius 3 is 1.99 bits per heavy atom. The number of anilines is 1. The second-order valence-electron chi connectivity index (χ2n) is 26.9. The van der Waals surface area contributed by atoms with Gasteiger partial charge in [0, 0.05) is 67.9 Å². The largest absolute Gasteiger partial charge is 0.445 e. The van der Waals surface area contributed by atoms with Gasteiger partial charge >= 0.3 is 12.1 Å². The minimum atomic E-state index is -4.22. The number of rotatable bonds is 34. The van der Waals surface area contributed by atoms with Crippen molar-refractivity contribution in [2.24, 2.45) is 34.8 Å². The number of carbonyl (C=O) groups excluding carboxylic acids is 10. The molecule has 2 unspecified atom stereocenters. The number of imide groups is 1. The van der Waals surface area contributed by atoms with Crippen molar-refractivity contribution >= 4 is 75.0 Å². The average Bonchev–Trinajstić information content (AvgIpc) is 1.55. The maximum atomic E-state index is 14.4. The van der Waals surface area contributed by atoms with E-state index in [1.54, 1.807) is 89.5 Å². The molecule has 2 fully saturated rings.